The van der Waals surface area contributed by atoms with Gasteiger partial charge in [-0.3, -0.25) is 24.3 Å². The number of benzene rings is 1. The van der Waals surface area contributed by atoms with Crippen molar-refractivity contribution >= 4 is 41.1 Å². The third-order valence-electron chi connectivity index (χ3n) is 4.50. The largest absolute Gasteiger partial charge is 0.463 e. The summed E-state index contributed by atoms with van der Waals surface area (Å²) in [6, 6.07) is 5.84. The first kappa shape index (κ1) is 22.4. The molecule has 1 fully saturated rings. The van der Waals surface area contributed by atoms with Crippen molar-refractivity contribution in [2.45, 2.75) is 13.5 Å². The number of amides is 1. The number of thiazole rings is 1. The smallest absolute Gasteiger partial charge is 0.333 e. The standard InChI is InChI=1S/C20H21N3O7S/c1-2-30-19(25)12-18-22(13-17(24)21-6-8-29-9-7-21)20(26)16(31-18)11-14-4-3-5-15(10-14)23(27)28/h3-5,10-12H,2,6-9,13H2,1H3/b16-11-,18-12-. The van der Waals surface area contributed by atoms with Crippen LogP contribution in [0.5, 0.6) is 0 Å². The van der Waals surface area contributed by atoms with Gasteiger partial charge in [-0.25, -0.2) is 4.79 Å². The van der Waals surface area contributed by atoms with Crippen LogP contribution in [0.4, 0.5) is 5.69 Å². The van der Waals surface area contributed by atoms with Gasteiger partial charge in [0, 0.05) is 25.2 Å². The lowest BCUT2D eigenvalue weighted by molar-refractivity contribution is -0.384. The molecule has 0 radical (unpaired) electrons. The Kier molecular flexibility index (Phi) is 7.32. The van der Waals surface area contributed by atoms with Crippen LogP contribution in [0.1, 0.15) is 12.5 Å². The molecule has 10 nitrogen and oxygen atoms in total. The van der Waals surface area contributed by atoms with E-state index in [0.717, 1.165) is 11.3 Å². The molecule has 1 aliphatic heterocycles. The lowest BCUT2D eigenvalue weighted by Gasteiger charge is -2.26. The fourth-order valence-corrected chi connectivity index (χ4v) is 4.04. The quantitative estimate of drug-likeness (QED) is 0.343. The number of nitro groups is 1. The first-order valence-corrected chi connectivity index (χ1v) is 10.4. The minimum absolute atomic E-state index is 0.105. The summed E-state index contributed by atoms with van der Waals surface area (Å²) in [6.07, 6.45) is 2.67. The number of hydrogen-bond donors (Lipinski definition) is 0. The fourth-order valence-electron chi connectivity index (χ4n) is 3.01. The van der Waals surface area contributed by atoms with E-state index in [2.05, 4.69) is 0 Å². The molecule has 0 spiro atoms. The van der Waals surface area contributed by atoms with Gasteiger partial charge in [0.1, 0.15) is 11.2 Å². The molecule has 1 aromatic heterocycles. The summed E-state index contributed by atoms with van der Waals surface area (Å²) in [5.74, 6) is -0.887. The number of ether oxygens (including phenoxy) is 2. The Morgan fingerprint density at radius 3 is 2.74 bits per heavy atom. The highest BCUT2D eigenvalue weighted by atomic mass is 32.1. The summed E-state index contributed by atoms with van der Waals surface area (Å²) in [7, 11) is 0. The molecule has 0 saturated carbocycles. The van der Waals surface area contributed by atoms with Crippen LogP contribution in [0.2, 0.25) is 0 Å². The molecule has 2 aromatic rings. The molecular formula is C20H21N3O7S. The highest BCUT2D eigenvalue weighted by Gasteiger charge is 2.19. The average molecular weight is 447 g/mol. The minimum atomic E-state index is -0.627. The molecule has 0 unspecified atom stereocenters. The lowest BCUT2D eigenvalue weighted by Crippen LogP contribution is -2.45. The second-order valence-electron chi connectivity index (χ2n) is 6.58. The Hall–Kier alpha value is -3.31. The van der Waals surface area contributed by atoms with Crippen LogP contribution < -0.4 is 14.8 Å². The van der Waals surface area contributed by atoms with Crippen LogP contribution in [0.15, 0.2) is 29.1 Å². The van der Waals surface area contributed by atoms with Crippen molar-refractivity contribution in [3.63, 3.8) is 0 Å². The Morgan fingerprint density at radius 1 is 1.32 bits per heavy atom. The normalized spacial score (nSPS) is 15.2. The van der Waals surface area contributed by atoms with Crippen LogP contribution in [-0.2, 0) is 25.6 Å². The number of esters is 1. The third-order valence-corrected chi connectivity index (χ3v) is 5.56. The van der Waals surface area contributed by atoms with E-state index < -0.39 is 16.5 Å². The predicted molar refractivity (Wildman–Crippen MR) is 113 cm³/mol. The number of nitro benzene ring substituents is 1. The van der Waals surface area contributed by atoms with E-state index >= 15 is 0 Å². The van der Waals surface area contributed by atoms with Gasteiger partial charge in [-0.1, -0.05) is 12.1 Å². The zero-order valence-corrected chi connectivity index (χ0v) is 17.6. The number of carbonyl (C=O) groups excluding carboxylic acids is 2. The van der Waals surface area contributed by atoms with Crippen LogP contribution in [0.25, 0.3) is 12.2 Å². The Bertz CT molecular complexity index is 1160. The predicted octanol–water partition coefficient (Wildman–Crippen LogP) is -0.151. The van der Waals surface area contributed by atoms with Crippen molar-refractivity contribution in [1.82, 2.24) is 9.47 Å². The molecular weight excluding hydrogens is 426 g/mol. The monoisotopic (exact) mass is 447 g/mol. The number of morpholine rings is 1. The second-order valence-corrected chi connectivity index (χ2v) is 7.64. The highest BCUT2D eigenvalue weighted by Crippen LogP contribution is 2.13. The van der Waals surface area contributed by atoms with E-state index in [-0.39, 0.29) is 33.9 Å². The zero-order valence-electron chi connectivity index (χ0n) is 16.8. The van der Waals surface area contributed by atoms with Crippen molar-refractivity contribution in [2.24, 2.45) is 0 Å². The van der Waals surface area contributed by atoms with Crippen molar-refractivity contribution in [1.29, 1.82) is 0 Å². The van der Waals surface area contributed by atoms with Gasteiger partial charge in [0.05, 0.1) is 35.4 Å². The SMILES string of the molecule is CCOC(=O)/C=c1\s/c(=C\c2cccc([N+](=O)[O-])c2)c(=O)n1CC(=O)N1CCOCC1. The molecule has 1 amide bonds. The fraction of sp³-hybridized carbons (Fsp3) is 0.350. The second kappa shape index (κ2) is 10.1. The van der Waals surface area contributed by atoms with E-state index in [0.29, 0.717) is 31.9 Å². The molecule has 1 aromatic carbocycles. The summed E-state index contributed by atoms with van der Waals surface area (Å²) in [6.45, 7) is 3.32. The summed E-state index contributed by atoms with van der Waals surface area (Å²) in [5.41, 5.74) is -0.109. The molecule has 0 bridgehead atoms. The van der Waals surface area contributed by atoms with E-state index in [1.165, 1.54) is 34.9 Å². The van der Waals surface area contributed by atoms with Crippen molar-refractivity contribution in [2.75, 3.05) is 32.9 Å². The Labute approximate surface area is 180 Å². The van der Waals surface area contributed by atoms with Crippen LogP contribution in [0.3, 0.4) is 0 Å². The number of non-ortho nitro benzene ring substituents is 1. The van der Waals surface area contributed by atoms with Gasteiger partial charge in [0.15, 0.2) is 0 Å². The van der Waals surface area contributed by atoms with Gasteiger partial charge in [-0.05, 0) is 18.6 Å². The van der Waals surface area contributed by atoms with Crippen molar-refractivity contribution in [3.8, 4) is 0 Å². The molecule has 31 heavy (non-hydrogen) atoms. The molecule has 0 N–H and O–H groups in total. The average Bonchev–Trinajstić information content (AvgIpc) is 3.03. The maximum absolute atomic E-state index is 13.0. The highest BCUT2D eigenvalue weighted by molar-refractivity contribution is 7.07. The number of carbonyl (C=O) groups is 2. The maximum atomic E-state index is 13.0. The maximum Gasteiger partial charge on any atom is 0.333 e. The Balaban J connectivity index is 2.04. The van der Waals surface area contributed by atoms with E-state index in [9.17, 15) is 24.5 Å². The van der Waals surface area contributed by atoms with Crippen molar-refractivity contribution < 1.29 is 24.0 Å². The van der Waals surface area contributed by atoms with E-state index in [1.807, 2.05) is 0 Å². The number of nitrogens with zero attached hydrogens (tertiary/aromatic N) is 3. The Morgan fingerprint density at radius 2 is 2.06 bits per heavy atom. The van der Waals surface area contributed by atoms with Gasteiger partial charge in [-0.15, -0.1) is 11.3 Å². The molecule has 3 rings (SSSR count). The van der Waals surface area contributed by atoms with Gasteiger partial charge in [0.25, 0.3) is 11.2 Å². The van der Waals surface area contributed by atoms with Gasteiger partial charge < -0.3 is 14.4 Å². The van der Waals surface area contributed by atoms with E-state index in [4.69, 9.17) is 9.47 Å². The summed E-state index contributed by atoms with van der Waals surface area (Å²) in [5, 5.41) is 11.0. The first-order valence-electron chi connectivity index (χ1n) is 9.59. The summed E-state index contributed by atoms with van der Waals surface area (Å²) in [4.78, 5) is 49.7. The van der Waals surface area contributed by atoms with Gasteiger partial charge in [-0.2, -0.15) is 0 Å². The number of aromatic nitrogens is 1. The summed E-state index contributed by atoms with van der Waals surface area (Å²) >= 11 is 1.01. The number of rotatable bonds is 6. The van der Waals surface area contributed by atoms with Crippen LogP contribution in [0, 0.1) is 10.1 Å². The van der Waals surface area contributed by atoms with Crippen LogP contribution >= 0.6 is 11.3 Å². The first-order chi connectivity index (χ1) is 14.9. The molecule has 11 heteroatoms. The molecule has 0 aliphatic carbocycles. The van der Waals surface area contributed by atoms with Gasteiger partial charge >= 0.3 is 5.97 Å². The zero-order chi connectivity index (χ0) is 22.4. The van der Waals surface area contributed by atoms with Crippen LogP contribution in [-0.4, -0.2) is 59.2 Å². The summed E-state index contributed by atoms with van der Waals surface area (Å²) < 4.78 is 11.9. The molecule has 1 saturated heterocycles. The van der Waals surface area contributed by atoms with Gasteiger partial charge in [0.2, 0.25) is 5.91 Å². The van der Waals surface area contributed by atoms with E-state index in [1.54, 1.807) is 17.9 Å². The lowest BCUT2D eigenvalue weighted by atomic mass is 10.2. The molecule has 164 valence electrons. The minimum Gasteiger partial charge on any atom is -0.463 e. The molecule has 1 aliphatic rings. The number of hydrogen-bond acceptors (Lipinski definition) is 8. The van der Waals surface area contributed by atoms with Crippen molar-refractivity contribution in [3.05, 3.63) is 59.5 Å². The topological polar surface area (TPSA) is 121 Å². The molecule has 2 heterocycles. The molecule has 0 atom stereocenters. The third kappa shape index (κ3) is 5.64.